The molecule has 0 saturated carbocycles. The summed E-state index contributed by atoms with van der Waals surface area (Å²) >= 11 is 1.24. The number of hydrogen-bond acceptors (Lipinski definition) is 6. The van der Waals surface area contributed by atoms with Crippen LogP contribution in [0, 0.1) is 13.8 Å². The topological polar surface area (TPSA) is 101 Å². The molecule has 0 aliphatic heterocycles. The van der Waals surface area contributed by atoms with Gasteiger partial charge in [-0.05, 0) is 20.8 Å². The van der Waals surface area contributed by atoms with Crippen molar-refractivity contribution in [3.8, 4) is 0 Å². The number of hydrogen-bond donors (Lipinski definition) is 2. The molecule has 0 amide bonds. The standard InChI is InChI=1S/C13H16N4O3S/c1-4-20-12(19)11-8(3)16-7(2)10(11)9(18)5-21-13-14-6-15-17-13/h6,16H,4-5H2,1-3H3,(H,14,15,17). The molecular formula is C13H16N4O3S. The lowest BCUT2D eigenvalue weighted by Crippen LogP contribution is -2.13. The number of esters is 1. The number of H-pyrrole nitrogens is 2. The lowest BCUT2D eigenvalue weighted by molar-refractivity contribution is 0.0522. The van der Waals surface area contributed by atoms with Gasteiger partial charge in [-0.3, -0.25) is 9.89 Å². The van der Waals surface area contributed by atoms with Gasteiger partial charge in [-0.1, -0.05) is 11.8 Å². The quantitative estimate of drug-likeness (QED) is 0.480. The molecule has 8 heteroatoms. The van der Waals surface area contributed by atoms with E-state index in [9.17, 15) is 9.59 Å². The summed E-state index contributed by atoms with van der Waals surface area (Å²) in [6.07, 6.45) is 1.38. The number of aromatic amines is 2. The van der Waals surface area contributed by atoms with E-state index in [0.29, 0.717) is 27.7 Å². The van der Waals surface area contributed by atoms with E-state index in [-0.39, 0.29) is 18.1 Å². The second-order valence-corrected chi connectivity index (χ2v) is 5.31. The van der Waals surface area contributed by atoms with Gasteiger partial charge in [-0.15, -0.1) is 0 Å². The minimum Gasteiger partial charge on any atom is -0.462 e. The molecule has 0 aliphatic carbocycles. The van der Waals surface area contributed by atoms with Crippen molar-refractivity contribution >= 4 is 23.5 Å². The van der Waals surface area contributed by atoms with E-state index in [1.807, 2.05) is 0 Å². The Bertz CT molecular complexity index is 649. The molecule has 2 heterocycles. The van der Waals surface area contributed by atoms with Gasteiger partial charge in [0.2, 0.25) is 0 Å². The van der Waals surface area contributed by atoms with Gasteiger partial charge in [0, 0.05) is 11.4 Å². The number of nitrogens with zero attached hydrogens (tertiary/aromatic N) is 2. The van der Waals surface area contributed by atoms with Crippen molar-refractivity contribution in [3.05, 3.63) is 28.8 Å². The second kappa shape index (κ2) is 6.57. The minimum absolute atomic E-state index is 0.152. The van der Waals surface area contributed by atoms with Gasteiger partial charge < -0.3 is 9.72 Å². The molecule has 0 bridgehead atoms. The highest BCUT2D eigenvalue weighted by Crippen LogP contribution is 2.23. The molecule has 2 aromatic heterocycles. The SMILES string of the molecule is CCOC(=O)c1c(C)[nH]c(C)c1C(=O)CSc1ncn[nH]1. The molecule has 7 nitrogen and oxygen atoms in total. The molecule has 112 valence electrons. The first-order chi connectivity index (χ1) is 10.0. The maximum Gasteiger partial charge on any atom is 0.340 e. The molecule has 0 atom stereocenters. The van der Waals surface area contributed by atoms with Crippen LogP contribution in [0.25, 0.3) is 0 Å². The van der Waals surface area contributed by atoms with Gasteiger partial charge in [0.1, 0.15) is 6.33 Å². The fraction of sp³-hybridized carbons (Fsp3) is 0.385. The zero-order chi connectivity index (χ0) is 15.4. The maximum absolute atomic E-state index is 12.4. The van der Waals surface area contributed by atoms with Crippen LogP contribution in [0.5, 0.6) is 0 Å². The van der Waals surface area contributed by atoms with E-state index in [4.69, 9.17) is 4.74 Å². The first-order valence-corrected chi connectivity index (χ1v) is 7.40. The van der Waals surface area contributed by atoms with E-state index in [2.05, 4.69) is 20.2 Å². The first kappa shape index (κ1) is 15.3. The Labute approximate surface area is 125 Å². The number of nitrogens with one attached hydrogen (secondary N) is 2. The van der Waals surface area contributed by atoms with Crippen LogP contribution in [0.4, 0.5) is 0 Å². The van der Waals surface area contributed by atoms with Gasteiger partial charge >= 0.3 is 5.97 Å². The number of thioether (sulfide) groups is 1. The summed E-state index contributed by atoms with van der Waals surface area (Å²) in [5.41, 5.74) is 2.01. The van der Waals surface area contributed by atoms with Crippen molar-refractivity contribution in [1.29, 1.82) is 0 Å². The molecule has 0 fully saturated rings. The third kappa shape index (κ3) is 3.33. The summed E-state index contributed by atoms with van der Waals surface area (Å²) in [6, 6.07) is 0. The molecule has 2 aromatic rings. The predicted octanol–water partition coefficient (Wildman–Crippen LogP) is 1.90. The molecule has 0 aromatic carbocycles. The number of aromatic nitrogens is 4. The number of carbonyl (C=O) groups is 2. The highest BCUT2D eigenvalue weighted by molar-refractivity contribution is 7.99. The Morgan fingerprint density at radius 1 is 1.29 bits per heavy atom. The predicted molar refractivity (Wildman–Crippen MR) is 77.7 cm³/mol. The van der Waals surface area contributed by atoms with Crippen LogP contribution >= 0.6 is 11.8 Å². The molecule has 0 aliphatic rings. The average molecular weight is 308 g/mol. The van der Waals surface area contributed by atoms with Crippen molar-refractivity contribution in [2.45, 2.75) is 25.9 Å². The molecule has 0 spiro atoms. The minimum atomic E-state index is -0.479. The van der Waals surface area contributed by atoms with E-state index < -0.39 is 5.97 Å². The van der Waals surface area contributed by atoms with Gasteiger partial charge in [0.05, 0.1) is 23.5 Å². The Kier molecular flexibility index (Phi) is 4.79. The number of carbonyl (C=O) groups excluding carboxylic acids is 2. The van der Waals surface area contributed by atoms with Crippen LogP contribution in [0.2, 0.25) is 0 Å². The number of Topliss-reactive ketones (excluding diaryl/α,β-unsaturated/α-hetero) is 1. The normalized spacial score (nSPS) is 10.6. The van der Waals surface area contributed by atoms with Gasteiger partial charge in [-0.25, -0.2) is 9.78 Å². The van der Waals surface area contributed by atoms with Crippen LogP contribution in [0.1, 0.15) is 39.0 Å². The number of ketones is 1. The fourth-order valence-corrected chi connectivity index (χ4v) is 2.71. The first-order valence-electron chi connectivity index (χ1n) is 6.42. The van der Waals surface area contributed by atoms with E-state index in [1.54, 1.807) is 20.8 Å². The molecular weight excluding hydrogens is 292 g/mol. The highest BCUT2D eigenvalue weighted by Gasteiger charge is 2.25. The van der Waals surface area contributed by atoms with Crippen molar-refractivity contribution in [2.75, 3.05) is 12.4 Å². The lowest BCUT2D eigenvalue weighted by atomic mass is 10.1. The molecule has 2 N–H and O–H groups in total. The van der Waals surface area contributed by atoms with Gasteiger partial charge in [0.15, 0.2) is 10.9 Å². The highest BCUT2D eigenvalue weighted by atomic mass is 32.2. The fourth-order valence-electron chi connectivity index (χ4n) is 2.06. The van der Waals surface area contributed by atoms with Gasteiger partial charge in [0.25, 0.3) is 0 Å². The molecule has 0 saturated heterocycles. The smallest absolute Gasteiger partial charge is 0.340 e. The maximum atomic E-state index is 12.4. The van der Waals surface area contributed by atoms with E-state index in [1.165, 1.54) is 18.1 Å². The number of aryl methyl sites for hydroxylation is 2. The Morgan fingerprint density at radius 3 is 2.62 bits per heavy atom. The van der Waals surface area contributed by atoms with Crippen LogP contribution in [0.3, 0.4) is 0 Å². The van der Waals surface area contributed by atoms with Crippen molar-refractivity contribution < 1.29 is 14.3 Å². The van der Waals surface area contributed by atoms with E-state index in [0.717, 1.165) is 0 Å². The zero-order valence-electron chi connectivity index (χ0n) is 12.0. The third-order valence-electron chi connectivity index (χ3n) is 2.87. The Balaban J connectivity index is 2.21. The average Bonchev–Trinajstić information content (AvgIpc) is 3.03. The summed E-state index contributed by atoms with van der Waals surface area (Å²) < 4.78 is 5.02. The van der Waals surface area contributed by atoms with Crippen LogP contribution in [-0.2, 0) is 4.74 Å². The summed E-state index contributed by atoms with van der Waals surface area (Å²) in [5, 5.41) is 6.95. The monoisotopic (exact) mass is 308 g/mol. The summed E-state index contributed by atoms with van der Waals surface area (Å²) in [5.74, 6) is -0.464. The second-order valence-electron chi connectivity index (χ2n) is 4.35. The molecule has 0 unspecified atom stereocenters. The molecule has 0 radical (unpaired) electrons. The van der Waals surface area contributed by atoms with Crippen LogP contribution in [0.15, 0.2) is 11.5 Å². The van der Waals surface area contributed by atoms with Crippen molar-refractivity contribution in [1.82, 2.24) is 20.2 Å². The Morgan fingerprint density at radius 2 is 2.00 bits per heavy atom. The van der Waals surface area contributed by atoms with E-state index >= 15 is 0 Å². The van der Waals surface area contributed by atoms with Crippen LogP contribution in [-0.4, -0.2) is 44.3 Å². The zero-order valence-corrected chi connectivity index (χ0v) is 12.8. The summed E-state index contributed by atoms with van der Waals surface area (Å²) in [4.78, 5) is 31.4. The summed E-state index contributed by atoms with van der Waals surface area (Å²) in [6.45, 7) is 5.51. The van der Waals surface area contributed by atoms with Gasteiger partial charge in [-0.2, -0.15) is 5.10 Å². The third-order valence-corrected chi connectivity index (χ3v) is 3.74. The molecule has 2 rings (SSSR count). The van der Waals surface area contributed by atoms with Crippen LogP contribution < -0.4 is 0 Å². The lowest BCUT2D eigenvalue weighted by Gasteiger charge is -2.05. The largest absolute Gasteiger partial charge is 0.462 e. The van der Waals surface area contributed by atoms with Crippen molar-refractivity contribution in [2.24, 2.45) is 0 Å². The van der Waals surface area contributed by atoms with Crippen molar-refractivity contribution in [3.63, 3.8) is 0 Å². The Hall–Kier alpha value is -2.09. The summed E-state index contributed by atoms with van der Waals surface area (Å²) in [7, 11) is 0. The molecule has 21 heavy (non-hydrogen) atoms. The number of rotatable bonds is 6. The number of ether oxygens (including phenoxy) is 1.